The second-order valence-electron chi connectivity index (χ2n) is 6.98. The van der Waals surface area contributed by atoms with Crippen LogP contribution >= 0.6 is 11.6 Å². The average Bonchev–Trinajstić information content (AvgIpc) is 3.10. The molecular formula is C25H18ClNO4. The lowest BCUT2D eigenvalue weighted by Crippen LogP contribution is -2.26. The quantitative estimate of drug-likeness (QED) is 0.574. The predicted octanol–water partition coefficient (Wildman–Crippen LogP) is 4.93. The van der Waals surface area contributed by atoms with E-state index < -0.39 is 12.1 Å². The monoisotopic (exact) mass is 431 g/mol. The Bertz CT molecular complexity index is 1180. The van der Waals surface area contributed by atoms with Gasteiger partial charge in [0.05, 0.1) is 12.1 Å². The molecule has 0 saturated carbocycles. The molecule has 0 saturated heterocycles. The molecule has 5 nitrogen and oxygen atoms in total. The first-order chi connectivity index (χ1) is 15.0. The zero-order valence-corrected chi connectivity index (χ0v) is 17.1. The third-order valence-corrected chi connectivity index (χ3v) is 5.33. The van der Waals surface area contributed by atoms with Gasteiger partial charge in [0.25, 0.3) is 0 Å². The van der Waals surface area contributed by atoms with Gasteiger partial charge in [-0.2, -0.15) is 0 Å². The Morgan fingerprint density at radius 1 is 1.00 bits per heavy atom. The summed E-state index contributed by atoms with van der Waals surface area (Å²) in [5, 5.41) is 12.1. The van der Waals surface area contributed by atoms with E-state index in [2.05, 4.69) is 41.4 Å². The highest BCUT2D eigenvalue weighted by Gasteiger charge is 2.28. The second-order valence-corrected chi connectivity index (χ2v) is 7.41. The Morgan fingerprint density at radius 3 is 2.29 bits per heavy atom. The number of nitrogens with one attached hydrogen (secondary N) is 1. The fourth-order valence-electron chi connectivity index (χ4n) is 3.71. The number of rotatable bonds is 4. The first kappa shape index (κ1) is 20.5. The fourth-order valence-corrected chi connectivity index (χ4v) is 3.88. The summed E-state index contributed by atoms with van der Waals surface area (Å²) in [5.41, 5.74) is 4.94. The lowest BCUT2D eigenvalue weighted by Gasteiger charge is -2.14. The maximum atomic E-state index is 12.1. The number of benzene rings is 3. The van der Waals surface area contributed by atoms with E-state index in [0.717, 1.165) is 22.3 Å². The predicted molar refractivity (Wildman–Crippen MR) is 118 cm³/mol. The molecule has 3 aromatic rings. The van der Waals surface area contributed by atoms with Crippen molar-refractivity contribution in [3.05, 3.63) is 94.0 Å². The molecule has 6 heteroatoms. The van der Waals surface area contributed by atoms with E-state index in [0.29, 0.717) is 10.6 Å². The molecule has 31 heavy (non-hydrogen) atoms. The van der Waals surface area contributed by atoms with Gasteiger partial charge in [0.15, 0.2) is 0 Å². The zero-order valence-electron chi connectivity index (χ0n) is 16.4. The zero-order chi connectivity index (χ0) is 21.8. The van der Waals surface area contributed by atoms with Gasteiger partial charge in [-0.1, -0.05) is 72.0 Å². The largest absolute Gasteiger partial charge is 0.478 e. The Kier molecular flexibility index (Phi) is 5.92. The van der Waals surface area contributed by atoms with E-state index >= 15 is 0 Å². The minimum absolute atomic E-state index is 0.0149. The van der Waals surface area contributed by atoms with Crippen molar-refractivity contribution >= 4 is 23.7 Å². The molecule has 0 bridgehead atoms. The third-order valence-electron chi connectivity index (χ3n) is 5.10. The molecule has 4 rings (SSSR count). The highest BCUT2D eigenvalue weighted by atomic mass is 35.5. The topological polar surface area (TPSA) is 75.6 Å². The molecule has 0 fully saturated rings. The summed E-state index contributed by atoms with van der Waals surface area (Å²) in [4.78, 5) is 23.4. The van der Waals surface area contributed by atoms with E-state index in [4.69, 9.17) is 16.3 Å². The maximum Gasteiger partial charge on any atom is 0.407 e. The van der Waals surface area contributed by atoms with E-state index in [9.17, 15) is 14.7 Å². The Morgan fingerprint density at radius 2 is 1.65 bits per heavy atom. The number of alkyl carbamates (subject to hydrolysis) is 1. The molecule has 0 aromatic heterocycles. The van der Waals surface area contributed by atoms with Crippen LogP contribution in [0.1, 0.15) is 33.0 Å². The van der Waals surface area contributed by atoms with Crippen LogP contribution in [0, 0.1) is 11.8 Å². The van der Waals surface area contributed by atoms with Crippen molar-refractivity contribution in [2.24, 2.45) is 0 Å². The number of fused-ring (bicyclic) bond motifs is 3. The molecule has 2 N–H and O–H groups in total. The van der Waals surface area contributed by atoms with Gasteiger partial charge in [0, 0.05) is 16.5 Å². The molecule has 0 unspecified atom stereocenters. The molecule has 1 aliphatic rings. The van der Waals surface area contributed by atoms with Gasteiger partial charge in [-0.15, -0.1) is 0 Å². The van der Waals surface area contributed by atoms with Gasteiger partial charge in [-0.25, -0.2) is 9.59 Å². The summed E-state index contributed by atoms with van der Waals surface area (Å²) in [6, 6.07) is 20.7. The van der Waals surface area contributed by atoms with Gasteiger partial charge in [0.2, 0.25) is 0 Å². The lowest BCUT2D eigenvalue weighted by molar-refractivity contribution is 0.0696. The summed E-state index contributed by atoms with van der Waals surface area (Å²) in [5.74, 6) is 4.35. The fraction of sp³-hybridized carbons (Fsp3) is 0.120. The number of carboxylic acids is 1. The Balaban J connectivity index is 1.37. The van der Waals surface area contributed by atoms with Crippen LogP contribution in [0.3, 0.4) is 0 Å². The maximum absolute atomic E-state index is 12.1. The summed E-state index contributed by atoms with van der Waals surface area (Å²) in [7, 11) is 0. The summed E-state index contributed by atoms with van der Waals surface area (Å²) < 4.78 is 5.44. The standard InChI is InChI=1S/C25H18ClNO4/c26-17-12-11-16(22(14-17)24(28)29)6-5-13-27-25(30)31-15-23-20-9-3-1-7-18(20)19-8-2-4-10-21(19)23/h1-4,7-12,14,23H,13,15H2,(H,27,30)(H,28,29). The minimum atomic E-state index is -1.11. The number of aromatic carboxylic acids is 1. The molecular weight excluding hydrogens is 414 g/mol. The molecule has 154 valence electrons. The van der Waals surface area contributed by atoms with Crippen LogP contribution in [-0.4, -0.2) is 30.3 Å². The number of halogens is 1. The highest BCUT2D eigenvalue weighted by Crippen LogP contribution is 2.44. The third kappa shape index (κ3) is 4.40. The first-order valence-corrected chi connectivity index (χ1v) is 10.0. The number of carbonyl (C=O) groups excluding carboxylic acids is 1. The van der Waals surface area contributed by atoms with Crippen molar-refractivity contribution in [2.75, 3.05) is 13.2 Å². The number of amides is 1. The summed E-state index contributed by atoms with van der Waals surface area (Å²) >= 11 is 5.83. The smallest absolute Gasteiger partial charge is 0.407 e. The minimum Gasteiger partial charge on any atom is -0.478 e. The average molecular weight is 432 g/mol. The number of hydrogen-bond donors (Lipinski definition) is 2. The number of carbonyl (C=O) groups is 2. The SMILES string of the molecule is O=C(NCC#Cc1ccc(Cl)cc1C(=O)O)OCC1c2ccccc2-c2ccccc21. The molecule has 1 aliphatic carbocycles. The second kappa shape index (κ2) is 8.95. The van der Waals surface area contributed by atoms with E-state index in [1.165, 1.54) is 12.1 Å². The molecule has 0 aliphatic heterocycles. The van der Waals surface area contributed by atoms with Crippen molar-refractivity contribution < 1.29 is 19.4 Å². The molecule has 0 atom stereocenters. The Labute approximate surface area is 184 Å². The van der Waals surface area contributed by atoms with Crippen molar-refractivity contribution in [3.63, 3.8) is 0 Å². The lowest BCUT2D eigenvalue weighted by atomic mass is 9.98. The van der Waals surface area contributed by atoms with Crippen LogP contribution < -0.4 is 5.32 Å². The van der Waals surface area contributed by atoms with Gasteiger partial charge in [0.1, 0.15) is 6.61 Å². The first-order valence-electron chi connectivity index (χ1n) is 9.65. The van der Waals surface area contributed by atoms with Crippen molar-refractivity contribution in [1.82, 2.24) is 5.32 Å². The van der Waals surface area contributed by atoms with Gasteiger partial charge >= 0.3 is 12.1 Å². The molecule has 0 heterocycles. The summed E-state index contributed by atoms with van der Waals surface area (Å²) in [6.07, 6.45) is -0.578. The summed E-state index contributed by atoms with van der Waals surface area (Å²) in [6.45, 7) is 0.242. The van der Waals surface area contributed by atoms with Crippen LogP contribution in [0.15, 0.2) is 66.7 Å². The number of ether oxygens (including phenoxy) is 1. The van der Waals surface area contributed by atoms with Crippen LogP contribution in [0.5, 0.6) is 0 Å². The van der Waals surface area contributed by atoms with E-state index in [1.54, 1.807) is 6.07 Å². The Hall–Kier alpha value is -3.75. The number of hydrogen-bond acceptors (Lipinski definition) is 3. The van der Waals surface area contributed by atoms with Gasteiger partial charge < -0.3 is 15.2 Å². The van der Waals surface area contributed by atoms with Crippen molar-refractivity contribution in [2.45, 2.75) is 5.92 Å². The van der Waals surface area contributed by atoms with Crippen LogP contribution in [0.2, 0.25) is 5.02 Å². The molecule has 0 spiro atoms. The van der Waals surface area contributed by atoms with Crippen LogP contribution in [-0.2, 0) is 4.74 Å². The van der Waals surface area contributed by atoms with Crippen molar-refractivity contribution in [1.29, 1.82) is 0 Å². The van der Waals surface area contributed by atoms with Gasteiger partial charge in [-0.3, -0.25) is 0 Å². The van der Waals surface area contributed by atoms with Crippen LogP contribution in [0.25, 0.3) is 11.1 Å². The van der Waals surface area contributed by atoms with Crippen LogP contribution in [0.4, 0.5) is 4.79 Å². The van der Waals surface area contributed by atoms with Crippen molar-refractivity contribution in [3.8, 4) is 23.0 Å². The molecule has 3 aromatic carbocycles. The molecule has 0 radical (unpaired) electrons. The highest BCUT2D eigenvalue weighted by molar-refractivity contribution is 6.31. The molecule has 1 amide bonds. The van der Waals surface area contributed by atoms with E-state index in [-0.39, 0.29) is 24.6 Å². The van der Waals surface area contributed by atoms with Gasteiger partial charge in [-0.05, 0) is 40.5 Å². The normalized spacial score (nSPS) is 11.6. The van der Waals surface area contributed by atoms with E-state index in [1.807, 2.05) is 24.3 Å². The number of carboxylic acid groups (broad SMARTS) is 1.